The summed E-state index contributed by atoms with van der Waals surface area (Å²) in [5, 5.41) is 3.45. The standard InChI is InChI=1S/C15H28N2O2/c1-17(12-13-4-8-16-9-5-13)14-2-6-15(7-3-14)18-10-11-19-15/h13-14,16H,2-12H2,1H3. The van der Waals surface area contributed by atoms with Crippen molar-refractivity contribution in [2.45, 2.75) is 50.4 Å². The third-order valence-electron chi connectivity index (χ3n) is 5.16. The normalized spacial score (nSPS) is 29.4. The van der Waals surface area contributed by atoms with Gasteiger partial charge in [0, 0.05) is 25.4 Å². The Morgan fingerprint density at radius 2 is 1.68 bits per heavy atom. The van der Waals surface area contributed by atoms with Crippen LogP contribution in [0.1, 0.15) is 38.5 Å². The van der Waals surface area contributed by atoms with Gasteiger partial charge in [-0.2, -0.15) is 0 Å². The number of rotatable bonds is 3. The Labute approximate surface area is 116 Å². The summed E-state index contributed by atoms with van der Waals surface area (Å²) in [6, 6.07) is 0.730. The summed E-state index contributed by atoms with van der Waals surface area (Å²) in [5.74, 6) is 0.688. The molecule has 0 radical (unpaired) electrons. The molecule has 4 heteroatoms. The molecule has 0 bridgehead atoms. The molecule has 110 valence electrons. The molecule has 0 unspecified atom stereocenters. The van der Waals surface area contributed by atoms with Crippen LogP contribution in [0, 0.1) is 5.92 Å². The minimum atomic E-state index is -0.202. The van der Waals surface area contributed by atoms with Gasteiger partial charge in [-0.1, -0.05) is 0 Å². The first kappa shape index (κ1) is 13.8. The van der Waals surface area contributed by atoms with E-state index in [1.54, 1.807) is 0 Å². The van der Waals surface area contributed by atoms with Crippen molar-refractivity contribution in [1.82, 2.24) is 10.2 Å². The smallest absolute Gasteiger partial charge is 0.168 e. The lowest BCUT2D eigenvalue weighted by atomic mass is 9.88. The van der Waals surface area contributed by atoms with Gasteiger partial charge in [0.2, 0.25) is 0 Å². The fraction of sp³-hybridized carbons (Fsp3) is 1.00. The quantitative estimate of drug-likeness (QED) is 0.843. The zero-order chi connectivity index (χ0) is 13.1. The second-order valence-corrected chi connectivity index (χ2v) is 6.47. The van der Waals surface area contributed by atoms with Gasteiger partial charge in [0.1, 0.15) is 0 Å². The van der Waals surface area contributed by atoms with Crippen molar-refractivity contribution in [3.05, 3.63) is 0 Å². The molecule has 1 saturated carbocycles. The Hall–Kier alpha value is -0.160. The molecule has 0 aromatic rings. The lowest BCUT2D eigenvalue weighted by Crippen LogP contribution is -2.45. The second kappa shape index (κ2) is 6.08. The van der Waals surface area contributed by atoms with Crippen molar-refractivity contribution in [1.29, 1.82) is 0 Å². The molecular weight excluding hydrogens is 240 g/mol. The minimum Gasteiger partial charge on any atom is -0.348 e. The summed E-state index contributed by atoms with van der Waals surface area (Å²) < 4.78 is 11.6. The zero-order valence-corrected chi connectivity index (χ0v) is 12.2. The summed E-state index contributed by atoms with van der Waals surface area (Å²) in [5.41, 5.74) is 0. The van der Waals surface area contributed by atoms with Gasteiger partial charge in [-0.3, -0.25) is 0 Å². The average molecular weight is 268 g/mol. The minimum absolute atomic E-state index is 0.202. The number of piperidine rings is 1. The Morgan fingerprint density at radius 1 is 1.05 bits per heavy atom. The first-order valence-corrected chi connectivity index (χ1v) is 7.96. The van der Waals surface area contributed by atoms with E-state index in [9.17, 15) is 0 Å². The van der Waals surface area contributed by atoms with Gasteiger partial charge >= 0.3 is 0 Å². The Bertz CT molecular complexity index is 276. The van der Waals surface area contributed by atoms with Crippen LogP contribution >= 0.6 is 0 Å². The molecule has 1 spiro atoms. The predicted molar refractivity (Wildman–Crippen MR) is 75.1 cm³/mol. The lowest BCUT2D eigenvalue weighted by Gasteiger charge is -2.40. The van der Waals surface area contributed by atoms with Crippen molar-refractivity contribution < 1.29 is 9.47 Å². The average Bonchev–Trinajstić information content (AvgIpc) is 2.89. The summed E-state index contributed by atoms with van der Waals surface area (Å²) in [4.78, 5) is 2.60. The molecule has 19 heavy (non-hydrogen) atoms. The second-order valence-electron chi connectivity index (χ2n) is 6.47. The van der Waals surface area contributed by atoms with Crippen LogP contribution in [0.25, 0.3) is 0 Å². The fourth-order valence-electron chi connectivity index (χ4n) is 3.89. The van der Waals surface area contributed by atoms with Crippen LogP contribution in [0.5, 0.6) is 0 Å². The maximum atomic E-state index is 5.81. The van der Waals surface area contributed by atoms with Crippen LogP contribution in [0.3, 0.4) is 0 Å². The summed E-state index contributed by atoms with van der Waals surface area (Å²) in [6.45, 7) is 5.24. The van der Waals surface area contributed by atoms with E-state index in [4.69, 9.17) is 9.47 Å². The molecule has 3 rings (SSSR count). The van der Waals surface area contributed by atoms with Gasteiger partial charge in [0.25, 0.3) is 0 Å². The monoisotopic (exact) mass is 268 g/mol. The van der Waals surface area contributed by atoms with Crippen LogP contribution < -0.4 is 5.32 Å². The van der Waals surface area contributed by atoms with Crippen molar-refractivity contribution in [3.8, 4) is 0 Å². The van der Waals surface area contributed by atoms with Crippen molar-refractivity contribution in [3.63, 3.8) is 0 Å². The van der Waals surface area contributed by atoms with Gasteiger partial charge in [-0.05, 0) is 51.7 Å². The molecule has 2 aliphatic heterocycles. The van der Waals surface area contributed by atoms with E-state index >= 15 is 0 Å². The highest BCUT2D eigenvalue weighted by Crippen LogP contribution is 2.37. The van der Waals surface area contributed by atoms with Crippen LogP contribution in [0.15, 0.2) is 0 Å². The molecule has 2 saturated heterocycles. The number of hydrogen-bond donors (Lipinski definition) is 1. The predicted octanol–water partition coefficient (Wildman–Crippen LogP) is 1.60. The van der Waals surface area contributed by atoms with Gasteiger partial charge in [-0.25, -0.2) is 0 Å². The zero-order valence-electron chi connectivity index (χ0n) is 12.2. The highest BCUT2D eigenvalue weighted by molar-refractivity contribution is 4.86. The van der Waals surface area contributed by atoms with E-state index in [1.165, 1.54) is 45.3 Å². The van der Waals surface area contributed by atoms with Crippen LogP contribution in [0.4, 0.5) is 0 Å². The number of nitrogens with one attached hydrogen (secondary N) is 1. The molecule has 3 aliphatic rings. The molecular formula is C15H28N2O2. The van der Waals surface area contributed by atoms with Crippen LogP contribution in [-0.4, -0.2) is 56.6 Å². The molecule has 3 fully saturated rings. The largest absolute Gasteiger partial charge is 0.348 e. The third kappa shape index (κ3) is 3.30. The lowest BCUT2D eigenvalue weighted by molar-refractivity contribution is -0.183. The van der Waals surface area contributed by atoms with E-state index < -0.39 is 0 Å². The molecule has 0 aromatic carbocycles. The molecule has 0 aromatic heterocycles. The van der Waals surface area contributed by atoms with Crippen molar-refractivity contribution in [2.75, 3.05) is 39.9 Å². The van der Waals surface area contributed by atoms with Gasteiger partial charge in [0.05, 0.1) is 13.2 Å². The molecule has 4 nitrogen and oxygen atoms in total. The van der Waals surface area contributed by atoms with Crippen molar-refractivity contribution in [2.24, 2.45) is 5.92 Å². The van der Waals surface area contributed by atoms with Crippen LogP contribution in [0.2, 0.25) is 0 Å². The van der Waals surface area contributed by atoms with Gasteiger partial charge in [0.15, 0.2) is 5.79 Å². The molecule has 2 heterocycles. The molecule has 1 aliphatic carbocycles. The fourth-order valence-corrected chi connectivity index (χ4v) is 3.89. The maximum Gasteiger partial charge on any atom is 0.168 e. The highest BCUT2D eigenvalue weighted by Gasteiger charge is 2.41. The highest BCUT2D eigenvalue weighted by atomic mass is 16.7. The van der Waals surface area contributed by atoms with Gasteiger partial charge < -0.3 is 19.7 Å². The van der Waals surface area contributed by atoms with E-state index in [0.717, 1.165) is 38.0 Å². The van der Waals surface area contributed by atoms with E-state index in [0.29, 0.717) is 0 Å². The Balaban J connectivity index is 1.44. The van der Waals surface area contributed by atoms with Crippen LogP contribution in [-0.2, 0) is 9.47 Å². The third-order valence-corrected chi connectivity index (χ3v) is 5.16. The molecule has 0 amide bonds. The topological polar surface area (TPSA) is 33.7 Å². The van der Waals surface area contributed by atoms with E-state index in [2.05, 4.69) is 17.3 Å². The van der Waals surface area contributed by atoms with Gasteiger partial charge in [-0.15, -0.1) is 0 Å². The maximum absolute atomic E-state index is 5.81. The van der Waals surface area contributed by atoms with E-state index in [-0.39, 0.29) is 5.79 Å². The van der Waals surface area contributed by atoms with E-state index in [1.807, 2.05) is 0 Å². The summed E-state index contributed by atoms with van der Waals surface area (Å²) in [6.07, 6.45) is 7.28. The first-order chi connectivity index (χ1) is 9.27. The molecule has 0 atom stereocenters. The summed E-state index contributed by atoms with van der Waals surface area (Å²) in [7, 11) is 2.31. The van der Waals surface area contributed by atoms with Crippen molar-refractivity contribution >= 4 is 0 Å². The first-order valence-electron chi connectivity index (χ1n) is 7.96. The number of hydrogen-bond acceptors (Lipinski definition) is 4. The number of ether oxygens (including phenoxy) is 2. The SMILES string of the molecule is CN(CC1CCNCC1)C1CCC2(CC1)OCCO2. The Morgan fingerprint density at radius 3 is 2.32 bits per heavy atom. The Kier molecular flexibility index (Phi) is 4.42. The molecule has 1 N–H and O–H groups in total. The number of nitrogens with zero attached hydrogens (tertiary/aromatic N) is 1. The summed E-state index contributed by atoms with van der Waals surface area (Å²) >= 11 is 0.